The molecule has 0 aliphatic carbocycles. The summed E-state index contributed by atoms with van der Waals surface area (Å²) in [5.41, 5.74) is -0.603. The van der Waals surface area contributed by atoms with Crippen LogP contribution >= 0.6 is 0 Å². The van der Waals surface area contributed by atoms with Crippen molar-refractivity contribution in [1.82, 2.24) is 5.32 Å². The van der Waals surface area contributed by atoms with E-state index in [0.29, 0.717) is 5.75 Å². The van der Waals surface area contributed by atoms with Gasteiger partial charge in [0, 0.05) is 6.54 Å². The van der Waals surface area contributed by atoms with E-state index in [0.717, 1.165) is 17.7 Å². The fourth-order valence-corrected chi connectivity index (χ4v) is 1.99. The van der Waals surface area contributed by atoms with Gasteiger partial charge in [0.15, 0.2) is 0 Å². The van der Waals surface area contributed by atoms with Crippen LogP contribution in [0.1, 0.15) is 21.5 Å². The number of halogens is 3. The molecule has 2 rings (SSSR count). The van der Waals surface area contributed by atoms with Crippen LogP contribution in [-0.4, -0.2) is 13.0 Å². The van der Waals surface area contributed by atoms with Crippen molar-refractivity contribution >= 4 is 5.91 Å². The second-order valence-electron chi connectivity index (χ2n) is 4.58. The first-order chi connectivity index (χ1) is 10.4. The predicted molar refractivity (Wildman–Crippen MR) is 75.6 cm³/mol. The van der Waals surface area contributed by atoms with Gasteiger partial charge < -0.3 is 10.1 Å². The second-order valence-corrected chi connectivity index (χ2v) is 4.58. The molecule has 0 spiro atoms. The average Bonchev–Trinajstić information content (AvgIpc) is 2.52. The maximum atomic E-state index is 12.9. The van der Waals surface area contributed by atoms with E-state index >= 15 is 0 Å². The number of hydrogen-bond acceptors (Lipinski definition) is 2. The van der Waals surface area contributed by atoms with Gasteiger partial charge in [-0.05, 0) is 29.8 Å². The van der Waals surface area contributed by atoms with Gasteiger partial charge in [-0.25, -0.2) is 0 Å². The Labute approximate surface area is 125 Å². The number of rotatable bonds is 4. The first-order valence-corrected chi connectivity index (χ1v) is 6.49. The van der Waals surface area contributed by atoms with Crippen molar-refractivity contribution in [2.75, 3.05) is 7.11 Å². The number of methoxy groups -OCH3 is 1. The lowest BCUT2D eigenvalue weighted by Crippen LogP contribution is -2.25. The average molecular weight is 309 g/mol. The lowest BCUT2D eigenvalue weighted by Gasteiger charge is -2.13. The Morgan fingerprint density at radius 2 is 1.86 bits per heavy atom. The molecule has 116 valence electrons. The minimum atomic E-state index is -4.57. The highest BCUT2D eigenvalue weighted by Crippen LogP contribution is 2.31. The summed E-state index contributed by atoms with van der Waals surface area (Å²) in [6, 6.07) is 11.6. The van der Waals surface area contributed by atoms with E-state index in [9.17, 15) is 18.0 Å². The molecule has 0 saturated heterocycles. The van der Waals surface area contributed by atoms with E-state index in [-0.39, 0.29) is 6.54 Å². The molecule has 1 N–H and O–H groups in total. The van der Waals surface area contributed by atoms with Crippen LogP contribution in [0.4, 0.5) is 13.2 Å². The summed E-state index contributed by atoms with van der Waals surface area (Å²) < 4.78 is 43.7. The molecule has 2 aromatic carbocycles. The van der Waals surface area contributed by atoms with Crippen LogP contribution in [0, 0.1) is 0 Å². The fourth-order valence-electron chi connectivity index (χ4n) is 1.99. The number of carbonyl (C=O) groups excluding carboxylic acids is 1. The van der Waals surface area contributed by atoms with Crippen LogP contribution in [-0.2, 0) is 12.7 Å². The van der Waals surface area contributed by atoms with Gasteiger partial charge in [-0.2, -0.15) is 13.2 Å². The smallest absolute Gasteiger partial charge is 0.417 e. The van der Waals surface area contributed by atoms with Crippen molar-refractivity contribution in [2.45, 2.75) is 12.7 Å². The molecule has 1 amide bonds. The molecule has 0 atom stereocenters. The maximum Gasteiger partial charge on any atom is 0.417 e. The summed E-state index contributed by atoms with van der Waals surface area (Å²) in [6.07, 6.45) is -4.57. The molecule has 2 aromatic rings. The number of hydrogen-bond donors (Lipinski definition) is 1. The van der Waals surface area contributed by atoms with Crippen LogP contribution in [0.5, 0.6) is 5.75 Å². The van der Waals surface area contributed by atoms with Gasteiger partial charge in [-0.3, -0.25) is 4.79 Å². The van der Waals surface area contributed by atoms with Gasteiger partial charge in [0.05, 0.1) is 18.2 Å². The molecule has 0 aliphatic rings. The van der Waals surface area contributed by atoms with Crippen LogP contribution < -0.4 is 10.1 Å². The van der Waals surface area contributed by atoms with E-state index in [1.165, 1.54) is 19.2 Å². The lowest BCUT2D eigenvalue weighted by molar-refractivity contribution is -0.137. The van der Waals surface area contributed by atoms with Crippen LogP contribution in [0.3, 0.4) is 0 Å². The quantitative estimate of drug-likeness (QED) is 0.936. The number of carbonyl (C=O) groups is 1. The third kappa shape index (κ3) is 3.78. The van der Waals surface area contributed by atoms with E-state index in [1.807, 2.05) is 0 Å². The van der Waals surface area contributed by atoms with E-state index in [4.69, 9.17) is 4.74 Å². The van der Waals surface area contributed by atoms with Crippen molar-refractivity contribution in [1.29, 1.82) is 0 Å². The van der Waals surface area contributed by atoms with Gasteiger partial charge in [-0.1, -0.05) is 24.3 Å². The zero-order chi connectivity index (χ0) is 16.2. The minimum absolute atomic E-state index is 0.113. The molecule has 3 nitrogen and oxygen atoms in total. The van der Waals surface area contributed by atoms with E-state index in [1.54, 1.807) is 24.3 Å². The van der Waals surface area contributed by atoms with Crippen LogP contribution in [0.15, 0.2) is 48.5 Å². The molecule has 0 aromatic heterocycles. The molecule has 0 fully saturated rings. The van der Waals surface area contributed by atoms with E-state index < -0.39 is 23.2 Å². The van der Waals surface area contributed by atoms with Crippen molar-refractivity contribution in [3.05, 3.63) is 65.2 Å². The van der Waals surface area contributed by atoms with Gasteiger partial charge in [0.2, 0.25) is 0 Å². The summed E-state index contributed by atoms with van der Waals surface area (Å²) in [6.45, 7) is 0.113. The number of ether oxygens (including phenoxy) is 1. The number of alkyl halides is 3. The summed E-state index contributed by atoms with van der Waals surface area (Å²) in [5.74, 6) is -0.154. The number of benzene rings is 2. The lowest BCUT2D eigenvalue weighted by atomic mass is 10.1. The third-order valence-corrected chi connectivity index (χ3v) is 3.06. The highest BCUT2D eigenvalue weighted by atomic mass is 19.4. The summed E-state index contributed by atoms with van der Waals surface area (Å²) in [7, 11) is 1.51. The zero-order valence-corrected chi connectivity index (χ0v) is 11.8. The standard InChI is InChI=1S/C16H14F3NO2/c1-22-12-6-4-5-11(9-12)10-20-15(21)13-7-2-3-8-14(13)16(17,18)19/h2-9H,10H2,1H3,(H,20,21). The Bertz CT molecular complexity index is 668. The molecule has 6 heteroatoms. The van der Waals surface area contributed by atoms with Crippen molar-refractivity contribution in [2.24, 2.45) is 0 Å². The Morgan fingerprint density at radius 1 is 1.14 bits per heavy atom. The van der Waals surface area contributed by atoms with Gasteiger partial charge in [0.25, 0.3) is 5.91 Å². The summed E-state index contributed by atoms with van der Waals surface area (Å²) in [4.78, 5) is 12.0. The highest BCUT2D eigenvalue weighted by molar-refractivity contribution is 5.95. The third-order valence-electron chi connectivity index (χ3n) is 3.06. The largest absolute Gasteiger partial charge is 0.497 e. The minimum Gasteiger partial charge on any atom is -0.497 e. The van der Waals surface area contributed by atoms with Crippen molar-refractivity contribution in [3.63, 3.8) is 0 Å². The topological polar surface area (TPSA) is 38.3 Å². The molecular formula is C16H14F3NO2. The van der Waals surface area contributed by atoms with Crippen LogP contribution in [0.25, 0.3) is 0 Å². The molecule has 22 heavy (non-hydrogen) atoms. The second kappa shape index (κ2) is 6.51. The predicted octanol–water partition coefficient (Wildman–Crippen LogP) is 3.64. The molecule has 0 radical (unpaired) electrons. The molecule has 0 heterocycles. The summed E-state index contributed by atoms with van der Waals surface area (Å²) >= 11 is 0. The Balaban J connectivity index is 2.13. The first-order valence-electron chi connectivity index (χ1n) is 6.49. The van der Waals surface area contributed by atoms with Crippen LogP contribution in [0.2, 0.25) is 0 Å². The Morgan fingerprint density at radius 3 is 2.55 bits per heavy atom. The summed E-state index contributed by atoms with van der Waals surface area (Å²) in [5, 5.41) is 2.48. The molecule has 0 unspecified atom stereocenters. The fraction of sp³-hybridized carbons (Fsp3) is 0.188. The SMILES string of the molecule is COc1cccc(CNC(=O)c2ccccc2C(F)(F)F)c1. The van der Waals surface area contributed by atoms with Gasteiger partial charge in [0.1, 0.15) is 5.75 Å². The monoisotopic (exact) mass is 309 g/mol. The van der Waals surface area contributed by atoms with Gasteiger partial charge in [-0.15, -0.1) is 0 Å². The zero-order valence-electron chi connectivity index (χ0n) is 11.8. The van der Waals surface area contributed by atoms with Crippen molar-refractivity contribution in [3.8, 4) is 5.75 Å². The number of amides is 1. The molecule has 0 saturated carbocycles. The van der Waals surface area contributed by atoms with Crippen molar-refractivity contribution < 1.29 is 22.7 Å². The number of nitrogens with one attached hydrogen (secondary N) is 1. The molecular weight excluding hydrogens is 295 g/mol. The maximum absolute atomic E-state index is 12.9. The first kappa shape index (κ1) is 15.9. The molecule has 0 bridgehead atoms. The highest BCUT2D eigenvalue weighted by Gasteiger charge is 2.34. The Kier molecular flexibility index (Phi) is 4.70. The Hall–Kier alpha value is -2.50. The normalized spacial score (nSPS) is 11.1. The molecule has 0 aliphatic heterocycles. The van der Waals surface area contributed by atoms with Gasteiger partial charge >= 0.3 is 6.18 Å². The van der Waals surface area contributed by atoms with E-state index in [2.05, 4.69) is 5.32 Å².